The van der Waals surface area contributed by atoms with Crippen molar-refractivity contribution >= 4 is 17.7 Å². The van der Waals surface area contributed by atoms with E-state index in [2.05, 4.69) is 5.32 Å². The number of benzene rings is 1. The maximum atomic E-state index is 12.6. The van der Waals surface area contributed by atoms with Crippen molar-refractivity contribution in [1.29, 1.82) is 0 Å². The van der Waals surface area contributed by atoms with E-state index in [1.54, 1.807) is 0 Å². The van der Waals surface area contributed by atoms with Gasteiger partial charge in [0.05, 0.1) is 6.04 Å². The van der Waals surface area contributed by atoms with Crippen molar-refractivity contribution in [2.75, 3.05) is 6.54 Å². The molecule has 3 amide bonds. The molecule has 3 atom stereocenters. The van der Waals surface area contributed by atoms with Crippen LogP contribution in [0.1, 0.15) is 25.3 Å². The second-order valence-corrected chi connectivity index (χ2v) is 6.12. The molecule has 5 N–H and O–H groups in total. The van der Waals surface area contributed by atoms with Gasteiger partial charge in [-0.05, 0) is 31.7 Å². The van der Waals surface area contributed by atoms with Crippen LogP contribution in [0.25, 0.3) is 0 Å². The zero-order chi connectivity index (χ0) is 17.7. The summed E-state index contributed by atoms with van der Waals surface area (Å²) in [7, 11) is 0. The highest BCUT2D eigenvalue weighted by atomic mass is 16.2. The lowest BCUT2D eigenvalue weighted by molar-refractivity contribution is -0.140. The summed E-state index contributed by atoms with van der Waals surface area (Å²) < 4.78 is 0. The molecule has 0 spiro atoms. The van der Waals surface area contributed by atoms with Crippen molar-refractivity contribution in [2.24, 2.45) is 11.5 Å². The summed E-state index contributed by atoms with van der Waals surface area (Å²) in [5.74, 6) is -1.22. The number of likely N-dealkylation sites (tertiary alicyclic amines) is 1. The number of amides is 3. The Hall–Kier alpha value is -2.41. The zero-order valence-corrected chi connectivity index (χ0v) is 13.8. The van der Waals surface area contributed by atoms with Crippen molar-refractivity contribution in [3.63, 3.8) is 0 Å². The second-order valence-electron chi connectivity index (χ2n) is 6.12. The van der Waals surface area contributed by atoms with Crippen LogP contribution in [0.2, 0.25) is 0 Å². The molecule has 130 valence electrons. The maximum absolute atomic E-state index is 12.6. The van der Waals surface area contributed by atoms with E-state index >= 15 is 0 Å². The van der Waals surface area contributed by atoms with E-state index in [1.165, 1.54) is 11.8 Å². The van der Waals surface area contributed by atoms with E-state index in [0.717, 1.165) is 12.0 Å². The first-order chi connectivity index (χ1) is 11.4. The monoisotopic (exact) mass is 332 g/mol. The summed E-state index contributed by atoms with van der Waals surface area (Å²) >= 11 is 0. The van der Waals surface area contributed by atoms with Gasteiger partial charge in [0.2, 0.25) is 17.7 Å². The molecule has 7 heteroatoms. The number of carbonyl (C=O) groups is 3. The third kappa shape index (κ3) is 4.32. The number of carbonyl (C=O) groups excluding carboxylic acids is 3. The van der Waals surface area contributed by atoms with Crippen molar-refractivity contribution in [2.45, 2.75) is 44.3 Å². The van der Waals surface area contributed by atoms with E-state index in [-0.39, 0.29) is 11.8 Å². The molecular weight excluding hydrogens is 308 g/mol. The van der Waals surface area contributed by atoms with Crippen LogP contribution in [-0.4, -0.2) is 47.3 Å². The molecule has 0 aromatic heterocycles. The van der Waals surface area contributed by atoms with Crippen molar-refractivity contribution < 1.29 is 14.4 Å². The number of primary amides is 1. The van der Waals surface area contributed by atoms with Gasteiger partial charge in [-0.2, -0.15) is 0 Å². The van der Waals surface area contributed by atoms with Gasteiger partial charge >= 0.3 is 0 Å². The van der Waals surface area contributed by atoms with Crippen LogP contribution < -0.4 is 16.8 Å². The van der Waals surface area contributed by atoms with Crippen LogP contribution in [0.3, 0.4) is 0 Å². The van der Waals surface area contributed by atoms with Crippen LogP contribution in [0.5, 0.6) is 0 Å². The first-order valence-electron chi connectivity index (χ1n) is 8.10. The highest BCUT2D eigenvalue weighted by molar-refractivity contribution is 5.93. The van der Waals surface area contributed by atoms with Crippen LogP contribution in [0.15, 0.2) is 30.3 Å². The van der Waals surface area contributed by atoms with Gasteiger partial charge in [0.25, 0.3) is 0 Å². The molecule has 1 heterocycles. The lowest BCUT2D eigenvalue weighted by atomic mass is 10.1. The molecule has 1 aromatic carbocycles. The molecule has 1 aromatic rings. The summed E-state index contributed by atoms with van der Waals surface area (Å²) in [5, 5.41) is 2.55. The molecule has 0 radical (unpaired) electrons. The molecule has 1 saturated heterocycles. The minimum atomic E-state index is -0.770. The average molecular weight is 332 g/mol. The predicted octanol–water partition coefficient (Wildman–Crippen LogP) is -0.463. The van der Waals surface area contributed by atoms with Crippen LogP contribution in [0, 0.1) is 0 Å². The van der Waals surface area contributed by atoms with Gasteiger partial charge in [-0.3, -0.25) is 14.4 Å². The minimum Gasteiger partial charge on any atom is -0.368 e. The Balaban J connectivity index is 1.99. The number of hydrogen-bond acceptors (Lipinski definition) is 4. The fraction of sp³-hybridized carbons (Fsp3) is 0.471. The number of nitrogens with one attached hydrogen (secondary N) is 1. The summed E-state index contributed by atoms with van der Waals surface area (Å²) in [6.07, 6.45) is 1.70. The van der Waals surface area contributed by atoms with Crippen molar-refractivity contribution in [1.82, 2.24) is 10.2 Å². The standard InChI is InChI=1S/C17H24N4O3/c1-11(15(19)22)20-16(23)14-8-5-9-21(14)17(24)13(18)10-12-6-3-2-4-7-12/h2-4,6-7,11,13-14H,5,8-10,18H2,1H3,(H2,19,22)(H,20,23). The predicted molar refractivity (Wildman–Crippen MR) is 89.7 cm³/mol. The average Bonchev–Trinajstić information content (AvgIpc) is 3.04. The molecule has 0 aliphatic carbocycles. The Labute approximate surface area is 141 Å². The molecule has 0 bridgehead atoms. The van der Waals surface area contributed by atoms with Crippen LogP contribution in [-0.2, 0) is 20.8 Å². The lowest BCUT2D eigenvalue weighted by Gasteiger charge is -2.27. The summed E-state index contributed by atoms with van der Waals surface area (Å²) in [4.78, 5) is 37.5. The van der Waals surface area contributed by atoms with E-state index < -0.39 is 24.0 Å². The highest BCUT2D eigenvalue weighted by Crippen LogP contribution is 2.19. The number of nitrogens with zero attached hydrogens (tertiary/aromatic N) is 1. The Bertz CT molecular complexity index is 605. The van der Waals surface area contributed by atoms with Crippen LogP contribution >= 0.6 is 0 Å². The van der Waals surface area contributed by atoms with Gasteiger partial charge in [0.1, 0.15) is 12.1 Å². The van der Waals surface area contributed by atoms with E-state index in [0.29, 0.717) is 19.4 Å². The summed E-state index contributed by atoms with van der Waals surface area (Å²) in [6, 6.07) is 7.44. The number of nitrogens with two attached hydrogens (primary N) is 2. The molecule has 3 unspecified atom stereocenters. The molecule has 2 rings (SSSR count). The summed E-state index contributed by atoms with van der Waals surface area (Å²) in [6.45, 7) is 2.01. The highest BCUT2D eigenvalue weighted by Gasteiger charge is 2.36. The first-order valence-corrected chi connectivity index (χ1v) is 8.10. The normalized spacial score (nSPS) is 19.6. The second kappa shape index (κ2) is 7.92. The molecule has 1 aliphatic heterocycles. The quantitative estimate of drug-likeness (QED) is 0.653. The Morgan fingerprint density at radius 2 is 1.96 bits per heavy atom. The molecular formula is C17H24N4O3. The van der Waals surface area contributed by atoms with E-state index in [4.69, 9.17) is 11.5 Å². The Kier molecular flexibility index (Phi) is 5.92. The van der Waals surface area contributed by atoms with Gasteiger partial charge in [0, 0.05) is 6.54 Å². The largest absolute Gasteiger partial charge is 0.368 e. The zero-order valence-electron chi connectivity index (χ0n) is 13.8. The van der Waals surface area contributed by atoms with E-state index in [1.807, 2.05) is 30.3 Å². The molecule has 1 aliphatic rings. The first kappa shape index (κ1) is 17.9. The SMILES string of the molecule is CC(NC(=O)C1CCCN1C(=O)C(N)Cc1ccccc1)C(N)=O. The van der Waals surface area contributed by atoms with Crippen molar-refractivity contribution in [3.05, 3.63) is 35.9 Å². The Morgan fingerprint density at radius 1 is 1.29 bits per heavy atom. The van der Waals surface area contributed by atoms with E-state index in [9.17, 15) is 14.4 Å². The van der Waals surface area contributed by atoms with Gasteiger partial charge in [-0.1, -0.05) is 30.3 Å². The molecule has 1 fully saturated rings. The maximum Gasteiger partial charge on any atom is 0.243 e. The van der Waals surface area contributed by atoms with Gasteiger partial charge in [-0.15, -0.1) is 0 Å². The van der Waals surface area contributed by atoms with Crippen LogP contribution in [0.4, 0.5) is 0 Å². The number of rotatable bonds is 6. The summed E-state index contributed by atoms with van der Waals surface area (Å²) in [5.41, 5.74) is 12.2. The number of hydrogen-bond donors (Lipinski definition) is 3. The third-order valence-electron chi connectivity index (χ3n) is 4.24. The fourth-order valence-electron chi connectivity index (χ4n) is 2.85. The molecule has 0 saturated carbocycles. The topological polar surface area (TPSA) is 119 Å². The van der Waals surface area contributed by atoms with Gasteiger partial charge in [0.15, 0.2) is 0 Å². The molecule has 7 nitrogen and oxygen atoms in total. The molecule has 24 heavy (non-hydrogen) atoms. The minimum absolute atomic E-state index is 0.247. The van der Waals surface area contributed by atoms with Gasteiger partial charge in [-0.25, -0.2) is 0 Å². The lowest BCUT2D eigenvalue weighted by Crippen LogP contribution is -2.54. The van der Waals surface area contributed by atoms with Crippen molar-refractivity contribution in [3.8, 4) is 0 Å². The Morgan fingerprint density at radius 3 is 2.58 bits per heavy atom. The smallest absolute Gasteiger partial charge is 0.243 e. The fourth-order valence-corrected chi connectivity index (χ4v) is 2.85. The third-order valence-corrected chi connectivity index (χ3v) is 4.24. The van der Waals surface area contributed by atoms with Gasteiger partial charge < -0.3 is 21.7 Å².